The summed E-state index contributed by atoms with van der Waals surface area (Å²) in [4.78, 5) is 21.2. The molecule has 0 radical (unpaired) electrons. The van der Waals surface area contributed by atoms with E-state index in [4.69, 9.17) is 4.74 Å². The molecule has 8 heteroatoms. The summed E-state index contributed by atoms with van der Waals surface area (Å²) in [5, 5.41) is 5.94. The zero-order valence-electron chi connectivity index (χ0n) is 15.6. The van der Waals surface area contributed by atoms with Crippen molar-refractivity contribution in [2.24, 2.45) is 7.05 Å². The number of imidazole rings is 2. The monoisotopic (exact) mass is 368 g/mol. The minimum atomic E-state index is -0.186. The first kappa shape index (κ1) is 17.5. The third kappa shape index (κ3) is 3.95. The van der Waals surface area contributed by atoms with Crippen LogP contribution in [0.5, 0.6) is 0 Å². The summed E-state index contributed by atoms with van der Waals surface area (Å²) in [7, 11) is 1.95. The van der Waals surface area contributed by atoms with Crippen LogP contribution in [0.2, 0.25) is 0 Å². The molecule has 0 aliphatic carbocycles. The van der Waals surface area contributed by atoms with Gasteiger partial charge in [-0.1, -0.05) is 0 Å². The molecule has 0 bridgehead atoms. The fourth-order valence-corrected chi connectivity index (χ4v) is 3.42. The van der Waals surface area contributed by atoms with Crippen LogP contribution in [-0.4, -0.2) is 37.6 Å². The summed E-state index contributed by atoms with van der Waals surface area (Å²) in [5.41, 5.74) is 2.87. The number of carbonyl (C=O) groups excluding carboxylic acids is 1. The molecule has 1 saturated heterocycles. The Kier molecular flexibility index (Phi) is 4.81. The third-order valence-electron chi connectivity index (χ3n) is 4.86. The predicted octanol–water partition coefficient (Wildman–Crippen LogP) is 2.10. The fourth-order valence-electron chi connectivity index (χ4n) is 3.42. The standard InChI is InChI=1S/C19H24N6O2/c1-13-3-6-25-12-15(22-17(25)9-13)11-21-19(26)23-14-4-8-27-16(10-14)18-20-5-7-24(18)2/h3,5-7,9,12,14,16H,4,8,10-11H2,1-2H3,(H2,21,23,26). The second kappa shape index (κ2) is 7.40. The second-order valence-corrected chi connectivity index (χ2v) is 7.01. The number of fused-ring (bicyclic) bond motifs is 1. The van der Waals surface area contributed by atoms with Crippen molar-refractivity contribution in [3.8, 4) is 0 Å². The van der Waals surface area contributed by atoms with E-state index in [0.29, 0.717) is 19.6 Å². The first-order valence-corrected chi connectivity index (χ1v) is 9.16. The Morgan fingerprint density at radius 3 is 3.11 bits per heavy atom. The van der Waals surface area contributed by atoms with Gasteiger partial charge in [0, 0.05) is 50.9 Å². The normalized spacial score (nSPS) is 19.9. The summed E-state index contributed by atoms with van der Waals surface area (Å²) < 4.78 is 9.73. The van der Waals surface area contributed by atoms with Crippen LogP contribution in [0.1, 0.15) is 36.0 Å². The Hall–Kier alpha value is -2.87. The topological polar surface area (TPSA) is 85.5 Å². The van der Waals surface area contributed by atoms with Gasteiger partial charge >= 0.3 is 6.03 Å². The molecular weight excluding hydrogens is 344 g/mol. The van der Waals surface area contributed by atoms with Crippen molar-refractivity contribution >= 4 is 11.7 Å². The lowest BCUT2D eigenvalue weighted by Gasteiger charge is -2.29. The highest BCUT2D eigenvalue weighted by Crippen LogP contribution is 2.26. The molecule has 3 aromatic rings. The zero-order valence-corrected chi connectivity index (χ0v) is 15.6. The van der Waals surface area contributed by atoms with Gasteiger partial charge in [0.2, 0.25) is 0 Å². The van der Waals surface area contributed by atoms with E-state index in [1.165, 1.54) is 0 Å². The Balaban J connectivity index is 1.31. The Morgan fingerprint density at radius 1 is 1.41 bits per heavy atom. The Labute approximate surface area is 157 Å². The highest BCUT2D eigenvalue weighted by atomic mass is 16.5. The molecule has 8 nitrogen and oxygen atoms in total. The number of rotatable bonds is 4. The molecule has 4 rings (SSSR count). The quantitative estimate of drug-likeness (QED) is 0.738. The van der Waals surface area contributed by atoms with E-state index < -0.39 is 0 Å². The van der Waals surface area contributed by atoms with Crippen molar-refractivity contribution in [1.29, 1.82) is 0 Å². The molecule has 0 spiro atoms. The van der Waals surface area contributed by atoms with E-state index in [9.17, 15) is 4.79 Å². The average Bonchev–Trinajstić information content (AvgIpc) is 3.25. The van der Waals surface area contributed by atoms with Crippen LogP contribution in [0.15, 0.2) is 36.9 Å². The zero-order chi connectivity index (χ0) is 18.8. The number of nitrogens with one attached hydrogen (secondary N) is 2. The number of hydrogen-bond acceptors (Lipinski definition) is 4. The molecule has 27 heavy (non-hydrogen) atoms. The number of amides is 2. The van der Waals surface area contributed by atoms with Gasteiger partial charge in [-0.25, -0.2) is 14.8 Å². The maximum absolute atomic E-state index is 12.3. The van der Waals surface area contributed by atoms with Gasteiger partial charge in [-0.2, -0.15) is 0 Å². The highest BCUT2D eigenvalue weighted by molar-refractivity contribution is 5.74. The van der Waals surface area contributed by atoms with Crippen molar-refractivity contribution in [1.82, 2.24) is 29.6 Å². The number of aromatic nitrogens is 4. The number of ether oxygens (including phenoxy) is 1. The van der Waals surface area contributed by atoms with Crippen LogP contribution >= 0.6 is 0 Å². The smallest absolute Gasteiger partial charge is 0.315 e. The minimum Gasteiger partial charge on any atom is -0.370 e. The van der Waals surface area contributed by atoms with Crippen LogP contribution in [0.3, 0.4) is 0 Å². The van der Waals surface area contributed by atoms with E-state index in [-0.39, 0.29) is 18.2 Å². The van der Waals surface area contributed by atoms with Crippen LogP contribution in [0.4, 0.5) is 4.79 Å². The summed E-state index contributed by atoms with van der Waals surface area (Å²) >= 11 is 0. The number of carbonyl (C=O) groups is 1. The van der Waals surface area contributed by atoms with Gasteiger partial charge < -0.3 is 24.3 Å². The molecule has 0 saturated carbocycles. The maximum atomic E-state index is 12.3. The molecule has 1 aliphatic heterocycles. The molecule has 1 aliphatic rings. The van der Waals surface area contributed by atoms with Gasteiger partial charge in [0.1, 0.15) is 17.6 Å². The minimum absolute atomic E-state index is 0.0594. The molecule has 3 aromatic heterocycles. The third-order valence-corrected chi connectivity index (χ3v) is 4.86. The lowest BCUT2D eigenvalue weighted by atomic mass is 10.0. The summed E-state index contributed by atoms with van der Waals surface area (Å²) in [6, 6.07) is 3.92. The van der Waals surface area contributed by atoms with Crippen LogP contribution in [0, 0.1) is 6.92 Å². The van der Waals surface area contributed by atoms with Crippen molar-refractivity contribution in [2.45, 2.75) is 38.5 Å². The van der Waals surface area contributed by atoms with Crippen molar-refractivity contribution in [3.63, 3.8) is 0 Å². The van der Waals surface area contributed by atoms with Gasteiger partial charge in [0.05, 0.1) is 12.2 Å². The van der Waals surface area contributed by atoms with E-state index >= 15 is 0 Å². The average molecular weight is 368 g/mol. The van der Waals surface area contributed by atoms with Gasteiger partial charge in [0.15, 0.2) is 0 Å². The maximum Gasteiger partial charge on any atom is 0.315 e. The second-order valence-electron chi connectivity index (χ2n) is 7.01. The molecular formula is C19H24N6O2. The highest BCUT2D eigenvalue weighted by Gasteiger charge is 2.27. The fraction of sp³-hybridized carbons (Fsp3) is 0.421. The molecule has 2 amide bonds. The number of nitrogens with zero attached hydrogens (tertiary/aromatic N) is 4. The number of pyridine rings is 1. The van der Waals surface area contributed by atoms with E-state index in [0.717, 1.165) is 29.1 Å². The van der Waals surface area contributed by atoms with E-state index in [1.807, 2.05) is 53.7 Å². The van der Waals surface area contributed by atoms with Crippen molar-refractivity contribution in [3.05, 3.63) is 54.0 Å². The molecule has 1 fully saturated rings. The number of hydrogen-bond donors (Lipinski definition) is 2. The molecule has 4 heterocycles. The number of aryl methyl sites for hydroxylation is 2. The van der Waals surface area contributed by atoms with Gasteiger partial charge in [-0.05, 0) is 31.0 Å². The van der Waals surface area contributed by atoms with E-state index in [2.05, 4.69) is 20.6 Å². The predicted molar refractivity (Wildman–Crippen MR) is 100 cm³/mol. The van der Waals surface area contributed by atoms with Crippen LogP contribution in [0.25, 0.3) is 5.65 Å². The lowest BCUT2D eigenvalue weighted by Crippen LogP contribution is -2.45. The molecule has 142 valence electrons. The van der Waals surface area contributed by atoms with Crippen LogP contribution in [-0.2, 0) is 18.3 Å². The van der Waals surface area contributed by atoms with Crippen LogP contribution < -0.4 is 10.6 Å². The lowest BCUT2D eigenvalue weighted by molar-refractivity contribution is -0.00436. The first-order chi connectivity index (χ1) is 13.1. The van der Waals surface area contributed by atoms with Gasteiger partial charge in [-0.15, -0.1) is 0 Å². The summed E-state index contributed by atoms with van der Waals surface area (Å²) in [6.45, 7) is 3.03. The van der Waals surface area contributed by atoms with Crippen molar-refractivity contribution in [2.75, 3.05) is 6.61 Å². The van der Waals surface area contributed by atoms with Gasteiger partial charge in [-0.3, -0.25) is 0 Å². The first-order valence-electron chi connectivity index (χ1n) is 9.16. The Morgan fingerprint density at radius 2 is 2.30 bits per heavy atom. The summed E-state index contributed by atoms with van der Waals surface area (Å²) in [5.74, 6) is 0.891. The Bertz CT molecular complexity index is 947. The number of urea groups is 1. The largest absolute Gasteiger partial charge is 0.370 e. The molecule has 0 aromatic carbocycles. The van der Waals surface area contributed by atoms with Crippen molar-refractivity contribution < 1.29 is 9.53 Å². The van der Waals surface area contributed by atoms with E-state index in [1.54, 1.807) is 6.20 Å². The SMILES string of the molecule is Cc1ccn2cc(CNC(=O)NC3CCOC(c4nccn4C)C3)nc2c1. The molecule has 2 atom stereocenters. The molecule has 2 N–H and O–H groups in total. The van der Waals surface area contributed by atoms with Gasteiger partial charge in [0.25, 0.3) is 0 Å². The summed E-state index contributed by atoms with van der Waals surface area (Å²) in [6.07, 6.45) is 8.98. The molecule has 2 unspecified atom stereocenters.